The molecule has 1 heterocycles. The molecule has 0 saturated heterocycles. The van der Waals surface area contributed by atoms with Crippen LogP contribution in [0.5, 0.6) is 0 Å². The smallest absolute Gasteiger partial charge is 0.0964 e. The summed E-state index contributed by atoms with van der Waals surface area (Å²) >= 11 is 6.23. The highest BCUT2D eigenvalue weighted by Crippen LogP contribution is 2.23. The number of hydrogen-bond donors (Lipinski definition) is 1. The Labute approximate surface area is 102 Å². The normalized spacial score (nSPS) is 14.1. The Bertz CT molecular complexity index is 316. The van der Waals surface area contributed by atoms with Gasteiger partial charge < -0.3 is 5.32 Å². The van der Waals surface area contributed by atoms with E-state index in [4.69, 9.17) is 11.6 Å². The van der Waals surface area contributed by atoms with Crippen LogP contribution in [0.15, 0.2) is 6.20 Å². The van der Waals surface area contributed by atoms with Crippen molar-refractivity contribution in [2.45, 2.75) is 39.1 Å². The molecule has 0 spiro atoms. The second-order valence-corrected chi connectivity index (χ2v) is 5.99. The molecule has 4 nitrogen and oxygen atoms in total. The first-order valence-electron chi connectivity index (χ1n) is 5.57. The molecular formula is C11H21ClN4. The SMILES string of the molecule is Cn1cc(CNCC(Cl)CC(C)(C)C)nn1. The molecule has 16 heavy (non-hydrogen) atoms. The van der Waals surface area contributed by atoms with Crippen LogP contribution in [0, 0.1) is 5.41 Å². The summed E-state index contributed by atoms with van der Waals surface area (Å²) in [6.07, 6.45) is 2.90. The van der Waals surface area contributed by atoms with E-state index in [1.165, 1.54) is 0 Å². The lowest BCUT2D eigenvalue weighted by Crippen LogP contribution is -2.26. The fourth-order valence-corrected chi connectivity index (χ4v) is 2.14. The van der Waals surface area contributed by atoms with Gasteiger partial charge in [-0.15, -0.1) is 16.7 Å². The van der Waals surface area contributed by atoms with E-state index in [0.29, 0.717) is 0 Å². The third-order valence-electron chi connectivity index (χ3n) is 2.16. The molecule has 0 aromatic carbocycles. The van der Waals surface area contributed by atoms with Crippen LogP contribution >= 0.6 is 11.6 Å². The lowest BCUT2D eigenvalue weighted by atomic mass is 9.90. The summed E-state index contributed by atoms with van der Waals surface area (Å²) in [5, 5.41) is 11.3. The molecular weight excluding hydrogens is 224 g/mol. The molecule has 1 N–H and O–H groups in total. The molecule has 1 aromatic rings. The standard InChI is InChI=1S/C11H21ClN4/c1-11(2,3)5-9(12)6-13-7-10-8-16(4)15-14-10/h8-9,13H,5-7H2,1-4H3. The van der Waals surface area contributed by atoms with Crippen LogP contribution in [0.1, 0.15) is 32.9 Å². The minimum Gasteiger partial charge on any atom is -0.310 e. The largest absolute Gasteiger partial charge is 0.310 e. The lowest BCUT2D eigenvalue weighted by molar-refractivity contribution is 0.364. The van der Waals surface area contributed by atoms with Gasteiger partial charge in [-0.25, -0.2) is 0 Å². The van der Waals surface area contributed by atoms with E-state index in [9.17, 15) is 0 Å². The van der Waals surface area contributed by atoms with Gasteiger partial charge in [-0.2, -0.15) is 0 Å². The van der Waals surface area contributed by atoms with E-state index in [1.54, 1.807) is 4.68 Å². The Morgan fingerprint density at radius 3 is 2.69 bits per heavy atom. The summed E-state index contributed by atoms with van der Waals surface area (Å²) in [5.74, 6) is 0. The van der Waals surface area contributed by atoms with Crippen molar-refractivity contribution in [1.82, 2.24) is 20.3 Å². The summed E-state index contributed by atoms with van der Waals surface area (Å²) in [4.78, 5) is 0. The summed E-state index contributed by atoms with van der Waals surface area (Å²) in [7, 11) is 1.86. The lowest BCUT2D eigenvalue weighted by Gasteiger charge is -2.21. The Kier molecular flexibility index (Phi) is 4.74. The maximum absolute atomic E-state index is 6.23. The number of halogens is 1. The minimum absolute atomic E-state index is 0.164. The van der Waals surface area contributed by atoms with Crippen LogP contribution in [-0.4, -0.2) is 26.9 Å². The van der Waals surface area contributed by atoms with Gasteiger partial charge in [0, 0.05) is 31.7 Å². The molecule has 0 amide bonds. The highest BCUT2D eigenvalue weighted by atomic mass is 35.5. The fraction of sp³-hybridized carbons (Fsp3) is 0.818. The monoisotopic (exact) mass is 244 g/mol. The van der Waals surface area contributed by atoms with Gasteiger partial charge in [-0.3, -0.25) is 4.68 Å². The van der Waals surface area contributed by atoms with Crippen LogP contribution in [0.25, 0.3) is 0 Å². The van der Waals surface area contributed by atoms with Gasteiger partial charge in [0.25, 0.3) is 0 Å². The zero-order valence-corrected chi connectivity index (χ0v) is 11.3. The number of rotatable bonds is 5. The van der Waals surface area contributed by atoms with E-state index in [2.05, 4.69) is 36.4 Å². The highest BCUT2D eigenvalue weighted by Gasteiger charge is 2.16. The van der Waals surface area contributed by atoms with Crippen LogP contribution in [0.4, 0.5) is 0 Å². The van der Waals surface area contributed by atoms with Crippen molar-refractivity contribution in [2.24, 2.45) is 12.5 Å². The number of alkyl halides is 1. The van der Waals surface area contributed by atoms with E-state index in [1.807, 2.05) is 13.2 Å². The molecule has 5 heteroatoms. The van der Waals surface area contributed by atoms with Crippen molar-refractivity contribution in [1.29, 1.82) is 0 Å². The summed E-state index contributed by atoms with van der Waals surface area (Å²) in [6, 6.07) is 0. The molecule has 0 aliphatic carbocycles. The van der Waals surface area contributed by atoms with E-state index in [0.717, 1.165) is 25.2 Å². The van der Waals surface area contributed by atoms with Gasteiger partial charge in [-0.1, -0.05) is 26.0 Å². The molecule has 92 valence electrons. The first-order valence-corrected chi connectivity index (χ1v) is 6.00. The van der Waals surface area contributed by atoms with Crippen LogP contribution in [0.2, 0.25) is 0 Å². The Balaban J connectivity index is 2.20. The molecule has 0 aliphatic rings. The van der Waals surface area contributed by atoms with Gasteiger partial charge >= 0.3 is 0 Å². The molecule has 1 aromatic heterocycles. The topological polar surface area (TPSA) is 42.7 Å². The van der Waals surface area contributed by atoms with E-state index in [-0.39, 0.29) is 10.8 Å². The Morgan fingerprint density at radius 2 is 2.19 bits per heavy atom. The third-order valence-corrected chi connectivity index (χ3v) is 2.46. The molecule has 1 atom stereocenters. The first kappa shape index (κ1) is 13.5. The van der Waals surface area contributed by atoms with Gasteiger partial charge in [-0.05, 0) is 11.8 Å². The fourth-order valence-electron chi connectivity index (χ4n) is 1.57. The van der Waals surface area contributed by atoms with Crippen molar-refractivity contribution in [3.63, 3.8) is 0 Å². The van der Waals surface area contributed by atoms with Crippen molar-refractivity contribution in [2.75, 3.05) is 6.54 Å². The third kappa shape index (κ3) is 5.47. The van der Waals surface area contributed by atoms with Gasteiger partial charge in [0.15, 0.2) is 0 Å². The van der Waals surface area contributed by atoms with Gasteiger partial charge in [0.2, 0.25) is 0 Å². The van der Waals surface area contributed by atoms with Crippen molar-refractivity contribution in [3.8, 4) is 0 Å². The average molecular weight is 245 g/mol. The second-order valence-electron chi connectivity index (χ2n) is 5.38. The van der Waals surface area contributed by atoms with Crippen LogP contribution < -0.4 is 5.32 Å². The Morgan fingerprint density at radius 1 is 1.50 bits per heavy atom. The summed E-state index contributed by atoms with van der Waals surface area (Å²) in [5.41, 5.74) is 1.22. The number of nitrogens with zero attached hydrogens (tertiary/aromatic N) is 3. The minimum atomic E-state index is 0.164. The predicted molar refractivity (Wildman–Crippen MR) is 66.4 cm³/mol. The average Bonchev–Trinajstić information content (AvgIpc) is 2.48. The highest BCUT2D eigenvalue weighted by molar-refractivity contribution is 6.20. The molecule has 0 fully saturated rings. The zero-order chi connectivity index (χ0) is 12.2. The van der Waals surface area contributed by atoms with Gasteiger partial charge in [0.1, 0.15) is 0 Å². The quantitative estimate of drug-likeness (QED) is 0.806. The van der Waals surface area contributed by atoms with Crippen molar-refractivity contribution >= 4 is 11.6 Å². The summed E-state index contributed by atoms with van der Waals surface area (Å²) in [6.45, 7) is 8.12. The van der Waals surface area contributed by atoms with Crippen molar-refractivity contribution in [3.05, 3.63) is 11.9 Å². The molecule has 0 radical (unpaired) electrons. The van der Waals surface area contributed by atoms with Gasteiger partial charge in [0.05, 0.1) is 5.69 Å². The molecule has 0 saturated carbocycles. The maximum Gasteiger partial charge on any atom is 0.0964 e. The number of hydrogen-bond acceptors (Lipinski definition) is 3. The summed E-state index contributed by atoms with van der Waals surface area (Å²) < 4.78 is 1.70. The Hall–Kier alpha value is -0.610. The number of aromatic nitrogens is 3. The van der Waals surface area contributed by atoms with Crippen molar-refractivity contribution < 1.29 is 0 Å². The predicted octanol–water partition coefficient (Wildman–Crippen LogP) is 1.95. The van der Waals surface area contributed by atoms with Crippen LogP contribution in [0.3, 0.4) is 0 Å². The number of nitrogens with one attached hydrogen (secondary N) is 1. The maximum atomic E-state index is 6.23. The molecule has 1 unspecified atom stereocenters. The first-order chi connectivity index (χ1) is 7.37. The second kappa shape index (κ2) is 5.64. The van der Waals surface area contributed by atoms with E-state index < -0.39 is 0 Å². The number of aryl methyl sites for hydroxylation is 1. The van der Waals surface area contributed by atoms with E-state index >= 15 is 0 Å². The zero-order valence-electron chi connectivity index (χ0n) is 10.5. The molecule has 0 bridgehead atoms. The van der Waals surface area contributed by atoms with Crippen LogP contribution in [-0.2, 0) is 13.6 Å². The molecule has 0 aliphatic heterocycles. The molecule has 1 rings (SSSR count).